The number of fused-ring (bicyclic) bond motifs is 1. The van der Waals surface area contributed by atoms with Gasteiger partial charge in [0.2, 0.25) is 11.8 Å². The SMILES string of the molecule is O=C(Cn1ccc2cc(F)ccc21)N1CCN(c2ccc(S(=O)[O-])cc2)C(=O)C1. The Morgan fingerprint density at radius 2 is 1.86 bits per heavy atom. The maximum Gasteiger partial charge on any atom is 0.246 e. The highest BCUT2D eigenvalue weighted by atomic mass is 32.2. The zero-order valence-corrected chi connectivity index (χ0v) is 16.1. The van der Waals surface area contributed by atoms with Crippen LogP contribution in [0.25, 0.3) is 10.9 Å². The van der Waals surface area contributed by atoms with Gasteiger partial charge in [-0.2, -0.15) is 0 Å². The molecule has 150 valence electrons. The molecule has 2 heterocycles. The molecule has 1 aliphatic heterocycles. The van der Waals surface area contributed by atoms with E-state index in [1.54, 1.807) is 35.0 Å². The van der Waals surface area contributed by atoms with Crippen LogP contribution in [0.1, 0.15) is 0 Å². The predicted molar refractivity (Wildman–Crippen MR) is 104 cm³/mol. The molecule has 0 radical (unpaired) electrons. The Morgan fingerprint density at radius 1 is 1.10 bits per heavy atom. The summed E-state index contributed by atoms with van der Waals surface area (Å²) >= 11 is -2.32. The summed E-state index contributed by atoms with van der Waals surface area (Å²) in [6.45, 7) is 0.698. The lowest BCUT2D eigenvalue weighted by molar-refractivity contribution is -0.137. The van der Waals surface area contributed by atoms with Gasteiger partial charge in [0.15, 0.2) is 0 Å². The van der Waals surface area contributed by atoms with E-state index in [0.29, 0.717) is 24.2 Å². The maximum absolute atomic E-state index is 13.3. The molecule has 1 unspecified atom stereocenters. The average Bonchev–Trinajstić information content (AvgIpc) is 3.09. The third kappa shape index (κ3) is 3.92. The molecule has 1 aromatic heterocycles. The molecule has 0 bridgehead atoms. The lowest BCUT2D eigenvalue weighted by atomic mass is 10.2. The fourth-order valence-electron chi connectivity index (χ4n) is 3.45. The number of piperazine rings is 1. The first-order chi connectivity index (χ1) is 13.9. The molecule has 0 spiro atoms. The molecule has 1 saturated heterocycles. The molecule has 7 nitrogen and oxygen atoms in total. The lowest BCUT2D eigenvalue weighted by Crippen LogP contribution is -2.53. The van der Waals surface area contributed by atoms with Crippen LogP contribution in [0.2, 0.25) is 0 Å². The fraction of sp³-hybridized carbons (Fsp3) is 0.200. The lowest BCUT2D eigenvalue weighted by Gasteiger charge is -2.34. The summed E-state index contributed by atoms with van der Waals surface area (Å²) in [5, 5.41) is 0.709. The summed E-state index contributed by atoms with van der Waals surface area (Å²) in [6, 6.07) is 12.1. The van der Waals surface area contributed by atoms with Gasteiger partial charge >= 0.3 is 0 Å². The molecule has 29 heavy (non-hydrogen) atoms. The van der Waals surface area contributed by atoms with Crippen molar-refractivity contribution in [2.24, 2.45) is 0 Å². The smallest absolute Gasteiger partial charge is 0.246 e. The van der Waals surface area contributed by atoms with E-state index < -0.39 is 11.1 Å². The van der Waals surface area contributed by atoms with Gasteiger partial charge < -0.3 is 18.9 Å². The Hall–Kier alpha value is -3.04. The van der Waals surface area contributed by atoms with Crippen molar-refractivity contribution in [3.8, 4) is 0 Å². The Bertz CT molecular complexity index is 1110. The largest absolute Gasteiger partial charge is 0.768 e. The average molecular weight is 414 g/mol. The number of aromatic nitrogens is 1. The molecule has 0 saturated carbocycles. The molecule has 3 aromatic rings. The summed E-state index contributed by atoms with van der Waals surface area (Å²) < 4.78 is 37.0. The van der Waals surface area contributed by atoms with E-state index in [0.717, 1.165) is 5.52 Å². The highest BCUT2D eigenvalue weighted by Crippen LogP contribution is 2.20. The quantitative estimate of drug-likeness (QED) is 0.610. The van der Waals surface area contributed by atoms with Crippen molar-refractivity contribution in [2.45, 2.75) is 11.4 Å². The van der Waals surface area contributed by atoms with Gasteiger partial charge in [0, 0.05) is 40.8 Å². The van der Waals surface area contributed by atoms with Gasteiger partial charge in [-0.15, -0.1) is 0 Å². The molecular weight excluding hydrogens is 397 g/mol. The van der Waals surface area contributed by atoms with E-state index >= 15 is 0 Å². The number of rotatable bonds is 4. The first-order valence-corrected chi connectivity index (χ1v) is 10.0. The molecule has 2 amide bonds. The van der Waals surface area contributed by atoms with Crippen LogP contribution in [0, 0.1) is 5.82 Å². The van der Waals surface area contributed by atoms with Gasteiger partial charge in [-0.05, 0) is 59.6 Å². The van der Waals surface area contributed by atoms with Crippen molar-refractivity contribution in [1.29, 1.82) is 0 Å². The van der Waals surface area contributed by atoms with Crippen molar-refractivity contribution in [3.63, 3.8) is 0 Å². The van der Waals surface area contributed by atoms with Gasteiger partial charge in [-0.25, -0.2) is 4.39 Å². The minimum atomic E-state index is -2.32. The third-order valence-corrected chi connectivity index (χ3v) is 5.61. The number of benzene rings is 2. The molecule has 1 atom stereocenters. The van der Waals surface area contributed by atoms with E-state index in [9.17, 15) is 22.7 Å². The van der Waals surface area contributed by atoms with E-state index in [1.165, 1.54) is 34.1 Å². The Balaban J connectivity index is 1.43. The van der Waals surface area contributed by atoms with E-state index in [4.69, 9.17) is 0 Å². The number of carbonyl (C=O) groups is 2. The number of hydrogen-bond donors (Lipinski definition) is 0. The van der Waals surface area contributed by atoms with Crippen LogP contribution in [0.3, 0.4) is 0 Å². The zero-order valence-electron chi connectivity index (χ0n) is 15.3. The first kappa shape index (κ1) is 19.3. The highest BCUT2D eigenvalue weighted by Gasteiger charge is 2.28. The number of halogens is 1. The van der Waals surface area contributed by atoms with Crippen LogP contribution in [-0.4, -0.2) is 49.7 Å². The molecule has 1 aliphatic rings. The van der Waals surface area contributed by atoms with Gasteiger partial charge in [0.05, 0.1) is 0 Å². The predicted octanol–water partition coefficient (Wildman–Crippen LogP) is 1.89. The fourth-order valence-corrected chi connectivity index (χ4v) is 3.81. The number of hydrogen-bond acceptors (Lipinski definition) is 4. The summed E-state index contributed by atoms with van der Waals surface area (Å²) in [5.74, 6) is -0.769. The molecule has 1 fully saturated rings. The third-order valence-electron chi connectivity index (χ3n) is 4.95. The van der Waals surface area contributed by atoms with Crippen molar-refractivity contribution in [1.82, 2.24) is 9.47 Å². The topological polar surface area (TPSA) is 85.7 Å². The molecule has 0 N–H and O–H groups in total. The van der Waals surface area contributed by atoms with Gasteiger partial charge in [0.1, 0.15) is 18.9 Å². The van der Waals surface area contributed by atoms with Crippen molar-refractivity contribution < 1.29 is 22.7 Å². The van der Waals surface area contributed by atoms with E-state index in [2.05, 4.69) is 0 Å². The Morgan fingerprint density at radius 3 is 2.55 bits per heavy atom. The van der Waals surface area contributed by atoms with Crippen molar-refractivity contribution in [3.05, 3.63) is 60.5 Å². The number of nitrogens with zero attached hydrogens (tertiary/aromatic N) is 3. The summed E-state index contributed by atoms with van der Waals surface area (Å²) in [7, 11) is 0. The van der Waals surface area contributed by atoms with Crippen molar-refractivity contribution >= 4 is 39.5 Å². The van der Waals surface area contributed by atoms with Gasteiger partial charge in [-0.3, -0.25) is 13.8 Å². The number of anilines is 1. The minimum absolute atomic E-state index is 0.0537. The standard InChI is InChI=1S/C20H18FN3O4S/c21-15-1-6-18-14(11-15)7-8-22(18)12-19(25)23-9-10-24(20(26)13-23)16-2-4-17(5-3-16)29(27)28/h1-8,11H,9-10,12-13H2,(H,27,28)/p-1. The Labute approximate surface area is 168 Å². The zero-order chi connectivity index (χ0) is 20.5. The van der Waals surface area contributed by atoms with E-state index in [1.807, 2.05) is 0 Å². The second-order valence-electron chi connectivity index (χ2n) is 6.74. The molecule has 0 aliphatic carbocycles. The number of amides is 2. The van der Waals surface area contributed by atoms with E-state index in [-0.39, 0.29) is 35.6 Å². The van der Waals surface area contributed by atoms with Crippen LogP contribution in [0.5, 0.6) is 0 Å². The van der Waals surface area contributed by atoms with Crippen LogP contribution in [0.15, 0.2) is 59.6 Å². The number of carbonyl (C=O) groups excluding carboxylic acids is 2. The summed E-state index contributed by atoms with van der Waals surface area (Å²) in [5.41, 5.74) is 1.34. The normalized spacial score (nSPS) is 15.7. The second-order valence-corrected chi connectivity index (χ2v) is 7.68. The second kappa shape index (κ2) is 7.76. The monoisotopic (exact) mass is 414 g/mol. The van der Waals surface area contributed by atoms with Crippen LogP contribution in [0.4, 0.5) is 10.1 Å². The first-order valence-electron chi connectivity index (χ1n) is 8.94. The van der Waals surface area contributed by atoms with Gasteiger partial charge in [-0.1, -0.05) is 0 Å². The molecule has 9 heteroatoms. The summed E-state index contributed by atoms with van der Waals surface area (Å²) in [6.07, 6.45) is 1.72. The highest BCUT2D eigenvalue weighted by molar-refractivity contribution is 7.79. The Kier molecular flexibility index (Phi) is 5.16. The van der Waals surface area contributed by atoms with Crippen LogP contribution in [-0.2, 0) is 27.2 Å². The summed E-state index contributed by atoms with van der Waals surface area (Å²) in [4.78, 5) is 28.4. The van der Waals surface area contributed by atoms with Crippen molar-refractivity contribution in [2.75, 3.05) is 24.5 Å². The van der Waals surface area contributed by atoms with Crippen LogP contribution < -0.4 is 4.90 Å². The van der Waals surface area contributed by atoms with Gasteiger partial charge in [0.25, 0.3) is 0 Å². The minimum Gasteiger partial charge on any atom is -0.768 e. The molecular formula is C20H17FN3O4S-. The molecule has 2 aromatic carbocycles. The maximum atomic E-state index is 13.3. The molecule has 4 rings (SSSR count). The van der Waals surface area contributed by atoms with Crippen LogP contribution >= 0.6 is 0 Å².